The van der Waals surface area contributed by atoms with Gasteiger partial charge in [-0.05, 0) is 18.5 Å². The third-order valence-electron chi connectivity index (χ3n) is 1.72. The molecule has 1 aromatic rings. The zero-order valence-electron chi connectivity index (χ0n) is 8.87. The fraction of sp³-hybridized carbons (Fsp3) is 0.500. The van der Waals surface area contributed by atoms with Gasteiger partial charge in [-0.1, -0.05) is 11.6 Å². The van der Waals surface area contributed by atoms with Crippen molar-refractivity contribution in [3.63, 3.8) is 0 Å². The predicted octanol–water partition coefficient (Wildman–Crippen LogP) is 0.751. The number of anilines is 1. The molecule has 1 amide bonds. The van der Waals surface area contributed by atoms with Crippen molar-refractivity contribution in [2.75, 3.05) is 25.0 Å². The van der Waals surface area contributed by atoms with E-state index in [0.29, 0.717) is 12.4 Å². The molecule has 8 heteroatoms. The van der Waals surface area contributed by atoms with Crippen LogP contribution in [-0.2, 0) is 4.79 Å². The molecule has 0 aromatic carbocycles. The van der Waals surface area contributed by atoms with Gasteiger partial charge in [0.05, 0.1) is 6.54 Å². The number of aromatic nitrogens is 3. The van der Waals surface area contributed by atoms with E-state index in [1.54, 1.807) is 11.9 Å². The summed E-state index contributed by atoms with van der Waals surface area (Å²) in [7, 11) is 1.67. The van der Waals surface area contributed by atoms with Crippen molar-refractivity contribution >= 4 is 34.9 Å². The first-order valence-electron chi connectivity index (χ1n) is 4.58. The molecule has 1 rings (SSSR count). The zero-order chi connectivity index (χ0) is 12.1. The number of hydrogen-bond donors (Lipinski definition) is 1. The van der Waals surface area contributed by atoms with Crippen LogP contribution in [0.2, 0.25) is 10.4 Å². The summed E-state index contributed by atoms with van der Waals surface area (Å²) >= 11 is 11.4. The SMILES string of the molecule is CCNC(=O)CN(C)c1nc(Cl)nnc1Cl. The summed E-state index contributed by atoms with van der Waals surface area (Å²) in [5, 5.41) is 9.84. The Bertz CT molecular complexity index is 387. The van der Waals surface area contributed by atoms with E-state index in [0.717, 1.165) is 0 Å². The Labute approximate surface area is 103 Å². The molecule has 0 bridgehead atoms. The molecule has 0 aliphatic heterocycles. The van der Waals surface area contributed by atoms with Gasteiger partial charge in [0.2, 0.25) is 11.2 Å². The van der Waals surface area contributed by atoms with Crippen LogP contribution in [0.25, 0.3) is 0 Å². The molecule has 88 valence electrons. The molecule has 16 heavy (non-hydrogen) atoms. The topological polar surface area (TPSA) is 71.0 Å². The molecule has 0 fully saturated rings. The minimum atomic E-state index is -0.129. The first-order valence-corrected chi connectivity index (χ1v) is 5.33. The first-order chi connectivity index (χ1) is 7.54. The molecule has 1 N–H and O–H groups in total. The van der Waals surface area contributed by atoms with Crippen molar-refractivity contribution in [2.24, 2.45) is 0 Å². The van der Waals surface area contributed by atoms with Crippen LogP contribution in [0.15, 0.2) is 0 Å². The van der Waals surface area contributed by atoms with E-state index in [1.807, 2.05) is 6.92 Å². The molecule has 0 saturated heterocycles. The molecule has 0 aliphatic rings. The van der Waals surface area contributed by atoms with Gasteiger partial charge in [0.25, 0.3) is 0 Å². The van der Waals surface area contributed by atoms with E-state index in [1.165, 1.54) is 0 Å². The fourth-order valence-electron chi connectivity index (χ4n) is 1.07. The third-order valence-corrected chi connectivity index (χ3v) is 2.12. The van der Waals surface area contributed by atoms with Crippen molar-refractivity contribution in [3.05, 3.63) is 10.4 Å². The van der Waals surface area contributed by atoms with E-state index >= 15 is 0 Å². The van der Waals surface area contributed by atoms with Crippen LogP contribution >= 0.6 is 23.2 Å². The monoisotopic (exact) mass is 263 g/mol. The second kappa shape index (κ2) is 5.81. The predicted molar refractivity (Wildman–Crippen MR) is 61.8 cm³/mol. The lowest BCUT2D eigenvalue weighted by Gasteiger charge is -2.17. The van der Waals surface area contributed by atoms with Crippen LogP contribution in [0, 0.1) is 0 Å². The normalized spacial score (nSPS) is 10.0. The maximum absolute atomic E-state index is 11.3. The summed E-state index contributed by atoms with van der Waals surface area (Å²) in [6.45, 7) is 2.54. The van der Waals surface area contributed by atoms with Crippen molar-refractivity contribution in [1.29, 1.82) is 0 Å². The van der Waals surface area contributed by atoms with Gasteiger partial charge in [-0.25, -0.2) is 0 Å². The van der Waals surface area contributed by atoms with E-state index in [9.17, 15) is 4.79 Å². The van der Waals surface area contributed by atoms with E-state index in [-0.39, 0.29) is 22.9 Å². The first kappa shape index (κ1) is 12.9. The number of nitrogens with one attached hydrogen (secondary N) is 1. The lowest BCUT2D eigenvalue weighted by atomic mass is 10.5. The van der Waals surface area contributed by atoms with Crippen LogP contribution in [0.4, 0.5) is 5.82 Å². The Hall–Kier alpha value is -1.14. The molecule has 0 atom stereocenters. The van der Waals surface area contributed by atoms with Crippen LogP contribution in [0.3, 0.4) is 0 Å². The van der Waals surface area contributed by atoms with Gasteiger partial charge in [-0.15, -0.1) is 10.2 Å². The largest absolute Gasteiger partial charge is 0.355 e. The Morgan fingerprint density at radius 3 is 2.75 bits per heavy atom. The van der Waals surface area contributed by atoms with Gasteiger partial charge in [-0.2, -0.15) is 4.98 Å². The summed E-state index contributed by atoms with van der Waals surface area (Å²) in [6.07, 6.45) is 0. The maximum Gasteiger partial charge on any atom is 0.245 e. The zero-order valence-corrected chi connectivity index (χ0v) is 10.4. The smallest absolute Gasteiger partial charge is 0.245 e. The van der Waals surface area contributed by atoms with E-state index in [4.69, 9.17) is 23.2 Å². The number of likely N-dealkylation sites (N-methyl/N-ethyl adjacent to an activating group) is 2. The van der Waals surface area contributed by atoms with Gasteiger partial charge in [0, 0.05) is 13.6 Å². The lowest BCUT2D eigenvalue weighted by molar-refractivity contribution is -0.119. The molecule has 0 spiro atoms. The Morgan fingerprint density at radius 1 is 1.44 bits per heavy atom. The Kier molecular flexibility index (Phi) is 4.70. The van der Waals surface area contributed by atoms with Gasteiger partial charge >= 0.3 is 0 Å². The number of hydrogen-bond acceptors (Lipinski definition) is 5. The van der Waals surface area contributed by atoms with E-state index in [2.05, 4.69) is 20.5 Å². The number of amides is 1. The van der Waals surface area contributed by atoms with E-state index < -0.39 is 0 Å². The standard InChI is InChI=1S/C8H11Cl2N5O/c1-3-11-5(16)4-15(2)7-6(9)13-14-8(10)12-7/h3-4H2,1-2H3,(H,11,16). The second-order valence-electron chi connectivity index (χ2n) is 3.00. The van der Waals surface area contributed by atoms with Crippen molar-refractivity contribution in [3.8, 4) is 0 Å². The highest BCUT2D eigenvalue weighted by atomic mass is 35.5. The molecule has 1 aromatic heterocycles. The Balaban J connectivity index is 2.76. The average Bonchev–Trinajstić information content (AvgIpc) is 2.21. The van der Waals surface area contributed by atoms with Gasteiger partial charge in [0.1, 0.15) is 0 Å². The quantitative estimate of drug-likeness (QED) is 0.868. The highest BCUT2D eigenvalue weighted by Gasteiger charge is 2.13. The third kappa shape index (κ3) is 3.46. The minimum absolute atomic E-state index is 0.0119. The second-order valence-corrected chi connectivity index (χ2v) is 3.70. The van der Waals surface area contributed by atoms with Crippen molar-refractivity contribution < 1.29 is 4.79 Å². The molecule has 1 heterocycles. The summed E-state index contributed by atoms with van der Waals surface area (Å²) < 4.78 is 0. The number of nitrogens with zero attached hydrogens (tertiary/aromatic N) is 4. The molecular formula is C8H11Cl2N5O. The summed E-state index contributed by atoms with van der Waals surface area (Å²) in [5.74, 6) is 0.198. The van der Waals surface area contributed by atoms with Crippen molar-refractivity contribution in [2.45, 2.75) is 6.92 Å². The van der Waals surface area contributed by atoms with Crippen LogP contribution in [0.5, 0.6) is 0 Å². The van der Waals surface area contributed by atoms with Crippen LogP contribution < -0.4 is 10.2 Å². The molecule has 0 unspecified atom stereocenters. The highest BCUT2D eigenvalue weighted by molar-refractivity contribution is 6.32. The number of halogens is 2. The number of rotatable bonds is 4. The lowest BCUT2D eigenvalue weighted by Crippen LogP contribution is -2.35. The summed E-state index contributed by atoms with van der Waals surface area (Å²) in [4.78, 5) is 16.8. The molecule has 0 aliphatic carbocycles. The number of carbonyl (C=O) groups excluding carboxylic acids is 1. The summed E-state index contributed by atoms with van der Waals surface area (Å²) in [6, 6.07) is 0. The minimum Gasteiger partial charge on any atom is -0.355 e. The van der Waals surface area contributed by atoms with Gasteiger partial charge in [-0.3, -0.25) is 4.79 Å². The number of carbonyl (C=O) groups is 1. The Morgan fingerprint density at radius 2 is 2.12 bits per heavy atom. The van der Waals surface area contributed by atoms with Crippen LogP contribution in [-0.4, -0.2) is 41.2 Å². The molecular weight excluding hydrogens is 253 g/mol. The molecule has 6 nitrogen and oxygen atoms in total. The average molecular weight is 264 g/mol. The highest BCUT2D eigenvalue weighted by Crippen LogP contribution is 2.19. The maximum atomic E-state index is 11.3. The van der Waals surface area contributed by atoms with Gasteiger partial charge in [0.15, 0.2) is 11.0 Å². The summed E-state index contributed by atoms with van der Waals surface area (Å²) in [5.41, 5.74) is 0. The fourth-order valence-corrected chi connectivity index (χ4v) is 1.41. The van der Waals surface area contributed by atoms with Crippen LogP contribution in [0.1, 0.15) is 6.92 Å². The van der Waals surface area contributed by atoms with Crippen molar-refractivity contribution in [1.82, 2.24) is 20.5 Å². The molecule has 0 saturated carbocycles. The molecule has 0 radical (unpaired) electrons. The van der Waals surface area contributed by atoms with Gasteiger partial charge < -0.3 is 10.2 Å².